The summed E-state index contributed by atoms with van der Waals surface area (Å²) in [7, 11) is 1.61. The van der Waals surface area contributed by atoms with Crippen LogP contribution in [-0.4, -0.2) is 25.7 Å². The summed E-state index contributed by atoms with van der Waals surface area (Å²) >= 11 is 5.98. The first kappa shape index (κ1) is 14.8. The number of carbonyl (C=O) groups excluding carboxylic acids is 1. The van der Waals surface area contributed by atoms with E-state index in [1.807, 2.05) is 0 Å². The number of nitrogens with one attached hydrogen (secondary N) is 1. The minimum absolute atomic E-state index is 0.00926. The maximum absolute atomic E-state index is 12.1. The van der Waals surface area contributed by atoms with E-state index in [1.165, 1.54) is 0 Å². The number of anilines is 1. The van der Waals surface area contributed by atoms with E-state index in [2.05, 4.69) is 12.2 Å². The van der Waals surface area contributed by atoms with Crippen molar-refractivity contribution in [3.05, 3.63) is 28.8 Å². The summed E-state index contributed by atoms with van der Waals surface area (Å²) in [6.07, 6.45) is 1.83. The highest BCUT2D eigenvalue weighted by atomic mass is 35.5. The van der Waals surface area contributed by atoms with Crippen LogP contribution in [0.2, 0.25) is 5.02 Å². The van der Waals surface area contributed by atoms with Gasteiger partial charge in [0.1, 0.15) is 0 Å². The van der Waals surface area contributed by atoms with Crippen LogP contribution in [0.15, 0.2) is 18.2 Å². The number of halogens is 1. The Morgan fingerprint density at radius 1 is 1.56 bits per heavy atom. The molecular formula is C13H19ClN2O2. The Morgan fingerprint density at radius 2 is 2.28 bits per heavy atom. The van der Waals surface area contributed by atoms with Crippen molar-refractivity contribution < 1.29 is 9.53 Å². The lowest BCUT2D eigenvalue weighted by molar-refractivity contribution is 0.0892. The Kier molecular flexibility index (Phi) is 5.95. The topological polar surface area (TPSA) is 64.3 Å². The molecule has 0 bridgehead atoms. The molecule has 5 heteroatoms. The van der Waals surface area contributed by atoms with Gasteiger partial charge in [0.25, 0.3) is 5.91 Å². The first-order valence-corrected chi connectivity index (χ1v) is 6.31. The molecule has 1 aromatic rings. The number of nitrogen functional groups attached to an aromatic ring is 1. The molecule has 4 nitrogen and oxygen atoms in total. The number of methoxy groups -OCH3 is 1. The van der Waals surface area contributed by atoms with Gasteiger partial charge in [0.05, 0.1) is 23.2 Å². The molecule has 0 aliphatic rings. The van der Waals surface area contributed by atoms with Crippen molar-refractivity contribution in [2.45, 2.75) is 25.8 Å². The zero-order chi connectivity index (χ0) is 13.5. The minimum Gasteiger partial charge on any atom is -0.399 e. The fraction of sp³-hybridized carbons (Fsp3) is 0.462. The van der Waals surface area contributed by atoms with Crippen LogP contribution < -0.4 is 11.1 Å². The van der Waals surface area contributed by atoms with Crippen LogP contribution in [0.4, 0.5) is 5.69 Å². The fourth-order valence-corrected chi connectivity index (χ4v) is 1.93. The van der Waals surface area contributed by atoms with Crippen LogP contribution in [0.25, 0.3) is 0 Å². The lowest BCUT2D eigenvalue weighted by Gasteiger charge is -2.17. The van der Waals surface area contributed by atoms with Crippen molar-refractivity contribution in [2.75, 3.05) is 19.5 Å². The Hall–Kier alpha value is -1.26. The standard InChI is InChI=1S/C13H19ClN2O2/c1-3-4-10(8-18-2)16-13(17)11-7-9(15)5-6-12(11)14/h5-7,10H,3-4,8,15H2,1-2H3,(H,16,17). The van der Waals surface area contributed by atoms with Crippen molar-refractivity contribution >= 4 is 23.2 Å². The molecule has 0 radical (unpaired) electrons. The molecule has 0 aliphatic carbocycles. The number of hydrogen-bond acceptors (Lipinski definition) is 3. The lowest BCUT2D eigenvalue weighted by Crippen LogP contribution is -2.38. The van der Waals surface area contributed by atoms with Crippen LogP contribution >= 0.6 is 11.6 Å². The predicted octanol–water partition coefficient (Wildman–Crippen LogP) is 2.47. The maximum atomic E-state index is 12.1. The molecule has 18 heavy (non-hydrogen) atoms. The number of ether oxygens (including phenoxy) is 1. The van der Waals surface area contributed by atoms with E-state index in [9.17, 15) is 4.79 Å². The van der Waals surface area contributed by atoms with E-state index in [1.54, 1.807) is 25.3 Å². The average molecular weight is 271 g/mol. The summed E-state index contributed by atoms with van der Waals surface area (Å²) in [5.41, 5.74) is 6.56. The van der Waals surface area contributed by atoms with Crippen molar-refractivity contribution in [1.29, 1.82) is 0 Å². The molecule has 1 rings (SSSR count). The normalized spacial score (nSPS) is 12.2. The SMILES string of the molecule is CCCC(COC)NC(=O)c1cc(N)ccc1Cl. The monoisotopic (exact) mass is 270 g/mol. The van der Waals surface area contributed by atoms with Gasteiger partial charge in [0.2, 0.25) is 0 Å². The van der Waals surface area contributed by atoms with E-state index in [4.69, 9.17) is 22.1 Å². The lowest BCUT2D eigenvalue weighted by atomic mass is 10.1. The third-order valence-electron chi connectivity index (χ3n) is 2.58. The van der Waals surface area contributed by atoms with E-state index in [-0.39, 0.29) is 11.9 Å². The number of benzene rings is 1. The third-order valence-corrected chi connectivity index (χ3v) is 2.90. The minimum atomic E-state index is -0.220. The van der Waals surface area contributed by atoms with Crippen molar-refractivity contribution in [1.82, 2.24) is 5.32 Å². The maximum Gasteiger partial charge on any atom is 0.253 e. The quantitative estimate of drug-likeness (QED) is 0.781. The van der Waals surface area contributed by atoms with Crippen LogP contribution in [0.3, 0.4) is 0 Å². The Morgan fingerprint density at radius 3 is 2.89 bits per heavy atom. The molecular weight excluding hydrogens is 252 g/mol. The van der Waals surface area contributed by atoms with Crippen LogP contribution in [0.1, 0.15) is 30.1 Å². The number of hydrogen-bond donors (Lipinski definition) is 2. The molecule has 1 aromatic carbocycles. The fourth-order valence-electron chi connectivity index (χ4n) is 1.73. The van der Waals surface area contributed by atoms with Crippen LogP contribution in [-0.2, 0) is 4.74 Å². The first-order valence-electron chi connectivity index (χ1n) is 5.93. The van der Waals surface area contributed by atoms with Gasteiger partial charge in [-0.1, -0.05) is 24.9 Å². The molecule has 1 atom stereocenters. The molecule has 1 amide bonds. The molecule has 0 aromatic heterocycles. The summed E-state index contributed by atoms with van der Waals surface area (Å²) in [6, 6.07) is 4.85. The van der Waals surface area contributed by atoms with Gasteiger partial charge in [-0.2, -0.15) is 0 Å². The molecule has 0 heterocycles. The number of nitrogens with two attached hydrogens (primary N) is 1. The molecule has 3 N–H and O–H groups in total. The number of rotatable bonds is 6. The number of carbonyl (C=O) groups is 1. The third kappa shape index (κ3) is 4.20. The van der Waals surface area contributed by atoms with Crippen molar-refractivity contribution in [3.63, 3.8) is 0 Å². The van der Waals surface area contributed by atoms with Gasteiger partial charge in [0.15, 0.2) is 0 Å². The summed E-state index contributed by atoms with van der Waals surface area (Å²) in [6.45, 7) is 2.54. The predicted molar refractivity (Wildman–Crippen MR) is 73.9 cm³/mol. The molecule has 0 saturated carbocycles. The second-order valence-corrected chi connectivity index (χ2v) is 4.56. The van der Waals surface area contributed by atoms with Gasteiger partial charge in [-0.15, -0.1) is 0 Å². The Labute approximate surface area is 112 Å². The second-order valence-electron chi connectivity index (χ2n) is 4.15. The molecule has 0 aliphatic heterocycles. The zero-order valence-electron chi connectivity index (χ0n) is 10.7. The summed E-state index contributed by atoms with van der Waals surface area (Å²) < 4.78 is 5.07. The zero-order valence-corrected chi connectivity index (χ0v) is 11.5. The Bertz CT molecular complexity index is 404. The van der Waals surface area contributed by atoms with Crippen molar-refractivity contribution in [3.8, 4) is 0 Å². The number of amides is 1. The highest BCUT2D eigenvalue weighted by molar-refractivity contribution is 6.34. The molecule has 1 unspecified atom stereocenters. The van der Waals surface area contributed by atoms with Gasteiger partial charge in [0, 0.05) is 12.8 Å². The van der Waals surface area contributed by atoms with Gasteiger partial charge < -0.3 is 15.8 Å². The summed E-state index contributed by atoms with van der Waals surface area (Å²) in [5, 5.41) is 3.30. The Balaban J connectivity index is 2.76. The smallest absolute Gasteiger partial charge is 0.253 e. The average Bonchev–Trinajstić information content (AvgIpc) is 2.33. The molecule has 0 fully saturated rings. The summed E-state index contributed by atoms with van der Waals surface area (Å²) in [5.74, 6) is -0.220. The second kappa shape index (κ2) is 7.24. The van der Waals surface area contributed by atoms with Crippen LogP contribution in [0, 0.1) is 0 Å². The van der Waals surface area contributed by atoms with E-state index in [0.29, 0.717) is 22.9 Å². The van der Waals surface area contributed by atoms with Gasteiger partial charge in [-0.3, -0.25) is 4.79 Å². The molecule has 100 valence electrons. The van der Waals surface area contributed by atoms with E-state index < -0.39 is 0 Å². The highest BCUT2D eigenvalue weighted by Crippen LogP contribution is 2.19. The van der Waals surface area contributed by atoms with E-state index in [0.717, 1.165) is 12.8 Å². The largest absolute Gasteiger partial charge is 0.399 e. The van der Waals surface area contributed by atoms with Crippen molar-refractivity contribution in [2.24, 2.45) is 0 Å². The van der Waals surface area contributed by atoms with E-state index >= 15 is 0 Å². The molecule has 0 saturated heterocycles. The van der Waals surface area contributed by atoms with Crippen LogP contribution in [0.5, 0.6) is 0 Å². The first-order chi connectivity index (χ1) is 8.58. The van der Waals surface area contributed by atoms with Gasteiger partial charge >= 0.3 is 0 Å². The highest BCUT2D eigenvalue weighted by Gasteiger charge is 2.15. The van der Waals surface area contributed by atoms with Gasteiger partial charge in [-0.05, 0) is 24.6 Å². The van der Waals surface area contributed by atoms with Gasteiger partial charge in [-0.25, -0.2) is 0 Å². The summed E-state index contributed by atoms with van der Waals surface area (Å²) in [4.78, 5) is 12.1. The molecule has 0 spiro atoms.